The molecule has 1 aromatic heterocycles. The monoisotopic (exact) mass is 263 g/mol. The molecule has 1 heterocycles. The van der Waals surface area contributed by atoms with E-state index in [2.05, 4.69) is 11.9 Å². The zero-order valence-corrected chi connectivity index (χ0v) is 11.2. The predicted molar refractivity (Wildman–Crippen MR) is 73.0 cm³/mol. The lowest BCUT2D eigenvalue weighted by molar-refractivity contribution is 0.178. The number of ether oxygens (including phenoxy) is 1. The fourth-order valence-electron chi connectivity index (χ4n) is 1.68. The summed E-state index contributed by atoms with van der Waals surface area (Å²) in [5.41, 5.74) is 2.67. The Hall–Kier alpha value is -1.39. The van der Waals surface area contributed by atoms with Crippen molar-refractivity contribution < 1.29 is 9.84 Å². The van der Waals surface area contributed by atoms with Gasteiger partial charge in [0.1, 0.15) is 5.75 Å². The van der Waals surface area contributed by atoms with Gasteiger partial charge < -0.3 is 9.84 Å². The second-order valence-corrected chi connectivity index (χ2v) is 5.08. The Morgan fingerprint density at radius 2 is 2.33 bits per heavy atom. The normalized spacial score (nSPS) is 12.3. The van der Waals surface area contributed by atoms with Gasteiger partial charge in [0, 0.05) is 17.5 Å². The van der Waals surface area contributed by atoms with Gasteiger partial charge in [0.2, 0.25) is 0 Å². The maximum Gasteiger partial charge on any atom is 0.119 e. The predicted octanol–water partition coefficient (Wildman–Crippen LogP) is 3.21. The first-order valence-electron chi connectivity index (χ1n) is 6.07. The van der Waals surface area contributed by atoms with Gasteiger partial charge in [-0.1, -0.05) is 19.1 Å². The topological polar surface area (TPSA) is 42.4 Å². The minimum Gasteiger partial charge on any atom is -0.494 e. The quantitative estimate of drug-likeness (QED) is 0.870. The van der Waals surface area contributed by atoms with Gasteiger partial charge in [0.25, 0.3) is 0 Å². The Balaban J connectivity index is 2.03. The molecule has 1 atom stereocenters. The van der Waals surface area contributed by atoms with E-state index in [1.807, 2.05) is 24.3 Å². The van der Waals surface area contributed by atoms with Crippen LogP contribution in [0.25, 0.3) is 0 Å². The maximum absolute atomic E-state index is 10.2. The van der Waals surface area contributed by atoms with Crippen molar-refractivity contribution in [2.75, 3.05) is 6.61 Å². The summed E-state index contributed by atoms with van der Waals surface area (Å²) >= 11 is 1.56. The highest BCUT2D eigenvalue weighted by Crippen LogP contribution is 2.23. The van der Waals surface area contributed by atoms with E-state index in [9.17, 15) is 5.11 Å². The van der Waals surface area contributed by atoms with Crippen LogP contribution in [0.5, 0.6) is 5.75 Å². The third kappa shape index (κ3) is 3.55. The summed E-state index contributed by atoms with van der Waals surface area (Å²) in [6, 6.07) is 7.65. The summed E-state index contributed by atoms with van der Waals surface area (Å²) < 4.78 is 5.56. The number of nitrogens with zero attached hydrogens (tertiary/aromatic N) is 1. The molecule has 18 heavy (non-hydrogen) atoms. The molecule has 0 radical (unpaired) electrons. The standard InChI is InChI=1S/C14H17NO2S/c1-2-6-17-12-5-3-4-11(7-12)14(16)8-13-9-15-10-18-13/h3-5,7,9-10,14,16H,2,6,8H2,1H3. The minimum atomic E-state index is -0.504. The molecule has 0 saturated heterocycles. The molecule has 1 aromatic carbocycles. The van der Waals surface area contributed by atoms with E-state index in [0.717, 1.165) is 22.6 Å². The molecule has 0 spiro atoms. The van der Waals surface area contributed by atoms with E-state index in [1.54, 1.807) is 23.0 Å². The van der Waals surface area contributed by atoms with Crippen LogP contribution in [0.15, 0.2) is 36.0 Å². The van der Waals surface area contributed by atoms with E-state index in [1.165, 1.54) is 0 Å². The first kappa shape index (κ1) is 13.1. The summed E-state index contributed by atoms with van der Waals surface area (Å²) in [5, 5.41) is 10.2. The Kier molecular flexibility index (Phi) is 4.73. The largest absolute Gasteiger partial charge is 0.494 e. The van der Waals surface area contributed by atoms with Gasteiger partial charge in [-0.2, -0.15) is 0 Å². The van der Waals surface area contributed by atoms with E-state index in [0.29, 0.717) is 13.0 Å². The van der Waals surface area contributed by atoms with Gasteiger partial charge in [0.05, 0.1) is 18.2 Å². The van der Waals surface area contributed by atoms with Gasteiger partial charge >= 0.3 is 0 Å². The molecular formula is C14H17NO2S. The molecule has 3 nitrogen and oxygen atoms in total. The SMILES string of the molecule is CCCOc1cccc(C(O)Cc2cncs2)c1. The Bertz CT molecular complexity index is 470. The molecule has 0 aliphatic heterocycles. The van der Waals surface area contributed by atoms with Crippen LogP contribution in [-0.4, -0.2) is 16.7 Å². The molecule has 0 bridgehead atoms. The molecule has 2 aromatic rings. The number of hydrogen-bond donors (Lipinski definition) is 1. The van der Waals surface area contributed by atoms with E-state index < -0.39 is 6.10 Å². The number of thiazole rings is 1. The van der Waals surface area contributed by atoms with Crippen molar-refractivity contribution in [2.24, 2.45) is 0 Å². The fourth-order valence-corrected chi connectivity index (χ4v) is 2.32. The van der Waals surface area contributed by atoms with Crippen molar-refractivity contribution in [1.82, 2.24) is 4.98 Å². The zero-order chi connectivity index (χ0) is 12.8. The summed E-state index contributed by atoms with van der Waals surface area (Å²) in [6.45, 7) is 2.77. The first-order chi connectivity index (χ1) is 8.79. The van der Waals surface area contributed by atoms with Gasteiger partial charge in [0.15, 0.2) is 0 Å². The summed E-state index contributed by atoms with van der Waals surface area (Å²) in [4.78, 5) is 5.10. The molecule has 0 fully saturated rings. The third-order valence-electron chi connectivity index (χ3n) is 2.59. The smallest absolute Gasteiger partial charge is 0.119 e. The average molecular weight is 263 g/mol. The molecule has 1 N–H and O–H groups in total. The number of aliphatic hydroxyl groups is 1. The molecule has 0 amide bonds. The van der Waals surface area contributed by atoms with Crippen molar-refractivity contribution in [1.29, 1.82) is 0 Å². The van der Waals surface area contributed by atoms with Crippen molar-refractivity contribution in [3.63, 3.8) is 0 Å². The Morgan fingerprint density at radius 1 is 1.44 bits per heavy atom. The van der Waals surface area contributed by atoms with E-state index >= 15 is 0 Å². The van der Waals surface area contributed by atoms with Crippen LogP contribution in [0.4, 0.5) is 0 Å². The highest BCUT2D eigenvalue weighted by atomic mass is 32.1. The number of hydrogen-bond acceptors (Lipinski definition) is 4. The van der Waals surface area contributed by atoms with Crippen molar-refractivity contribution >= 4 is 11.3 Å². The fraction of sp³-hybridized carbons (Fsp3) is 0.357. The van der Waals surface area contributed by atoms with Crippen LogP contribution < -0.4 is 4.74 Å². The number of rotatable bonds is 6. The molecule has 96 valence electrons. The van der Waals surface area contributed by atoms with Crippen LogP contribution in [0.2, 0.25) is 0 Å². The van der Waals surface area contributed by atoms with Crippen LogP contribution in [0.1, 0.15) is 29.9 Å². The van der Waals surface area contributed by atoms with Crippen molar-refractivity contribution in [3.05, 3.63) is 46.4 Å². The molecule has 0 saturated carbocycles. The molecule has 1 unspecified atom stereocenters. The summed E-state index contributed by atoms with van der Waals surface area (Å²) in [5.74, 6) is 0.817. The Labute approximate surface area is 111 Å². The number of aliphatic hydroxyl groups excluding tert-OH is 1. The summed E-state index contributed by atoms with van der Waals surface area (Å²) in [7, 11) is 0. The number of aromatic nitrogens is 1. The first-order valence-corrected chi connectivity index (χ1v) is 6.95. The highest BCUT2D eigenvalue weighted by molar-refractivity contribution is 7.09. The van der Waals surface area contributed by atoms with E-state index in [-0.39, 0.29) is 0 Å². The van der Waals surface area contributed by atoms with Gasteiger partial charge in [-0.25, -0.2) is 0 Å². The van der Waals surface area contributed by atoms with Gasteiger partial charge in [-0.15, -0.1) is 11.3 Å². The lowest BCUT2D eigenvalue weighted by Gasteiger charge is -2.11. The molecule has 0 aliphatic rings. The lowest BCUT2D eigenvalue weighted by Crippen LogP contribution is -2.02. The Morgan fingerprint density at radius 3 is 3.06 bits per heavy atom. The molecule has 0 aliphatic carbocycles. The second kappa shape index (κ2) is 6.52. The molecule has 2 rings (SSSR count). The van der Waals surface area contributed by atoms with Crippen LogP contribution in [-0.2, 0) is 6.42 Å². The van der Waals surface area contributed by atoms with Crippen LogP contribution >= 0.6 is 11.3 Å². The van der Waals surface area contributed by atoms with Gasteiger partial charge in [-0.3, -0.25) is 4.98 Å². The number of benzene rings is 1. The highest BCUT2D eigenvalue weighted by Gasteiger charge is 2.10. The minimum absolute atomic E-state index is 0.504. The second-order valence-electron chi connectivity index (χ2n) is 4.11. The van der Waals surface area contributed by atoms with Crippen LogP contribution in [0.3, 0.4) is 0 Å². The van der Waals surface area contributed by atoms with E-state index in [4.69, 9.17) is 4.74 Å². The molecule has 4 heteroatoms. The summed E-state index contributed by atoms with van der Waals surface area (Å²) in [6.07, 6.45) is 2.87. The maximum atomic E-state index is 10.2. The molecular weight excluding hydrogens is 246 g/mol. The van der Waals surface area contributed by atoms with Crippen molar-refractivity contribution in [3.8, 4) is 5.75 Å². The van der Waals surface area contributed by atoms with Crippen molar-refractivity contribution in [2.45, 2.75) is 25.9 Å². The van der Waals surface area contributed by atoms with Crippen LogP contribution in [0, 0.1) is 0 Å². The average Bonchev–Trinajstić information content (AvgIpc) is 2.89. The van der Waals surface area contributed by atoms with Gasteiger partial charge in [-0.05, 0) is 24.1 Å². The third-order valence-corrected chi connectivity index (χ3v) is 3.40. The zero-order valence-electron chi connectivity index (χ0n) is 10.4. The lowest BCUT2D eigenvalue weighted by atomic mass is 10.1.